The molecule has 0 aliphatic carbocycles. The molecule has 1 amide bonds. The summed E-state index contributed by atoms with van der Waals surface area (Å²) in [4.78, 5) is 25.0. The lowest BCUT2D eigenvalue weighted by atomic mass is 9.98. The molecule has 38 heavy (non-hydrogen) atoms. The average molecular weight is 523 g/mol. The van der Waals surface area contributed by atoms with Crippen molar-refractivity contribution in [3.05, 3.63) is 47.4 Å². The fourth-order valence-electron chi connectivity index (χ4n) is 5.56. The number of nitrogens with zero attached hydrogens (tertiary/aromatic N) is 6. The molecular formula is C27H35FN8O2. The minimum absolute atomic E-state index is 0.0268. The van der Waals surface area contributed by atoms with Crippen LogP contribution >= 0.6 is 0 Å². The molecule has 0 spiro atoms. The lowest BCUT2D eigenvalue weighted by molar-refractivity contribution is 0.0600. The Hall–Kier alpha value is -3.44. The van der Waals surface area contributed by atoms with Crippen molar-refractivity contribution in [2.45, 2.75) is 44.3 Å². The van der Waals surface area contributed by atoms with E-state index < -0.39 is 5.82 Å². The van der Waals surface area contributed by atoms with Gasteiger partial charge in [0.15, 0.2) is 5.65 Å². The number of amides is 1. The van der Waals surface area contributed by atoms with Gasteiger partial charge in [0, 0.05) is 64.0 Å². The molecule has 1 unspecified atom stereocenters. The van der Waals surface area contributed by atoms with Gasteiger partial charge >= 0.3 is 0 Å². The molecule has 3 aliphatic rings. The number of halogens is 1. The third-order valence-electron chi connectivity index (χ3n) is 7.74. The first-order valence-corrected chi connectivity index (χ1v) is 13.5. The zero-order chi connectivity index (χ0) is 26.4. The summed E-state index contributed by atoms with van der Waals surface area (Å²) in [6, 6.07) is 8.17. The van der Waals surface area contributed by atoms with Crippen LogP contribution in [-0.4, -0.2) is 83.9 Å². The van der Waals surface area contributed by atoms with E-state index in [0.29, 0.717) is 25.4 Å². The van der Waals surface area contributed by atoms with Crippen molar-refractivity contribution in [3.63, 3.8) is 0 Å². The summed E-state index contributed by atoms with van der Waals surface area (Å²) in [5, 5.41) is 8.47. The van der Waals surface area contributed by atoms with Crippen molar-refractivity contribution < 1.29 is 13.9 Å². The molecule has 3 N–H and O–H groups in total. The van der Waals surface area contributed by atoms with Crippen LogP contribution in [0.5, 0.6) is 5.75 Å². The Morgan fingerprint density at radius 2 is 2.00 bits per heavy atom. The van der Waals surface area contributed by atoms with Gasteiger partial charge in [0.1, 0.15) is 29.8 Å². The smallest absolute Gasteiger partial charge is 0.258 e. The normalized spacial score (nSPS) is 23.3. The zero-order valence-corrected chi connectivity index (χ0v) is 21.9. The molecule has 11 heteroatoms. The Bertz CT molecular complexity index is 1340. The standard InChI is InChI=1S/C27H35FN8O2/c1-17-16-38-23-7-6-18(28)11-20(23)27(37)35-9-4-3-5-22(35)21-12-25-31-24(34-14-19(29)15-34)13-26(36(25)32-21)33(2)10-8-30-17/h6-7,11-13,17,19,22,30H,3-5,8-10,14-16,29H2,1-2H3/t17?,22-/m0/s1. The van der Waals surface area contributed by atoms with E-state index in [-0.39, 0.29) is 29.6 Å². The Kier molecular flexibility index (Phi) is 6.56. The Labute approximate surface area is 221 Å². The van der Waals surface area contributed by atoms with Crippen molar-refractivity contribution in [2.24, 2.45) is 5.73 Å². The fourth-order valence-corrected chi connectivity index (χ4v) is 5.56. The molecule has 10 nitrogen and oxygen atoms in total. The number of carbonyl (C=O) groups is 1. The molecule has 0 radical (unpaired) electrons. The molecule has 0 saturated carbocycles. The first-order chi connectivity index (χ1) is 18.4. The predicted molar refractivity (Wildman–Crippen MR) is 143 cm³/mol. The van der Waals surface area contributed by atoms with Gasteiger partial charge in [-0.25, -0.2) is 9.37 Å². The molecule has 202 valence electrons. The van der Waals surface area contributed by atoms with Crippen LogP contribution < -0.4 is 25.6 Å². The summed E-state index contributed by atoms with van der Waals surface area (Å²) in [5.74, 6) is 1.50. The second-order valence-electron chi connectivity index (χ2n) is 10.7. The van der Waals surface area contributed by atoms with Crippen LogP contribution in [0.2, 0.25) is 0 Å². The lowest BCUT2D eigenvalue weighted by Crippen LogP contribution is -2.56. The number of ether oxygens (including phenoxy) is 1. The van der Waals surface area contributed by atoms with Crippen molar-refractivity contribution in [1.29, 1.82) is 0 Å². The molecular weight excluding hydrogens is 487 g/mol. The SMILES string of the molecule is CC1COc2ccc(F)cc2C(=O)N2CCCC[C@H]2c2cc3nc(N4CC(N)C4)cc(n3n2)N(C)CCN1. The van der Waals surface area contributed by atoms with Crippen molar-refractivity contribution in [2.75, 3.05) is 56.2 Å². The number of hydrogen-bond acceptors (Lipinski definition) is 8. The van der Waals surface area contributed by atoms with Gasteiger partial charge in [-0.1, -0.05) is 0 Å². The van der Waals surface area contributed by atoms with Gasteiger partial charge in [-0.05, 0) is 44.4 Å². The van der Waals surface area contributed by atoms with Gasteiger partial charge in [0.2, 0.25) is 0 Å². The van der Waals surface area contributed by atoms with Crippen molar-refractivity contribution in [1.82, 2.24) is 24.8 Å². The third-order valence-corrected chi connectivity index (χ3v) is 7.74. The highest BCUT2D eigenvalue weighted by molar-refractivity contribution is 5.97. The van der Waals surface area contributed by atoms with E-state index in [1.807, 2.05) is 22.4 Å². The van der Waals surface area contributed by atoms with Crippen LogP contribution in [-0.2, 0) is 0 Å². The fraction of sp³-hybridized carbons (Fsp3) is 0.519. The first kappa shape index (κ1) is 24.9. The molecule has 2 aromatic heterocycles. The number of nitrogens with one attached hydrogen (secondary N) is 1. The topological polar surface area (TPSA) is 104 Å². The van der Waals surface area contributed by atoms with E-state index in [9.17, 15) is 9.18 Å². The summed E-state index contributed by atoms with van der Waals surface area (Å²) in [6.07, 6.45) is 2.64. The molecule has 5 heterocycles. The number of benzene rings is 1. The van der Waals surface area contributed by atoms with Gasteiger partial charge in [-0.2, -0.15) is 9.61 Å². The maximum atomic E-state index is 14.3. The number of aromatic nitrogens is 3. The minimum atomic E-state index is -0.460. The Balaban J connectivity index is 1.45. The predicted octanol–water partition coefficient (Wildman–Crippen LogP) is 2.19. The van der Waals surface area contributed by atoms with E-state index in [1.54, 1.807) is 6.07 Å². The van der Waals surface area contributed by atoms with Gasteiger partial charge in [-0.15, -0.1) is 0 Å². The molecule has 2 fully saturated rings. The summed E-state index contributed by atoms with van der Waals surface area (Å²) < 4.78 is 22.2. The van der Waals surface area contributed by atoms with Crippen molar-refractivity contribution in [3.8, 4) is 5.75 Å². The van der Waals surface area contributed by atoms with E-state index in [2.05, 4.69) is 28.2 Å². The van der Waals surface area contributed by atoms with Crippen LogP contribution in [0.1, 0.15) is 48.3 Å². The third kappa shape index (κ3) is 4.64. The first-order valence-electron chi connectivity index (χ1n) is 13.5. The minimum Gasteiger partial charge on any atom is -0.491 e. The van der Waals surface area contributed by atoms with Crippen LogP contribution in [0, 0.1) is 5.82 Å². The number of piperidine rings is 1. The lowest BCUT2D eigenvalue weighted by Gasteiger charge is -2.38. The molecule has 2 saturated heterocycles. The zero-order valence-electron chi connectivity index (χ0n) is 21.9. The number of hydrogen-bond donors (Lipinski definition) is 2. The molecule has 3 aliphatic heterocycles. The highest BCUT2D eigenvalue weighted by Gasteiger charge is 2.33. The van der Waals surface area contributed by atoms with Gasteiger partial charge < -0.3 is 30.5 Å². The quantitative estimate of drug-likeness (QED) is 0.501. The highest BCUT2D eigenvalue weighted by Crippen LogP contribution is 2.35. The Morgan fingerprint density at radius 1 is 1.16 bits per heavy atom. The van der Waals surface area contributed by atoms with E-state index in [4.69, 9.17) is 20.6 Å². The second-order valence-corrected chi connectivity index (χ2v) is 10.7. The number of likely N-dealkylation sites (N-methyl/N-ethyl adjacent to an activating group) is 1. The van der Waals surface area contributed by atoms with E-state index >= 15 is 0 Å². The van der Waals surface area contributed by atoms with Gasteiger partial charge in [0.25, 0.3) is 5.91 Å². The monoisotopic (exact) mass is 522 g/mol. The molecule has 6 rings (SSSR count). The summed E-state index contributed by atoms with van der Waals surface area (Å²) >= 11 is 0. The van der Waals surface area contributed by atoms with Crippen LogP contribution in [0.3, 0.4) is 0 Å². The van der Waals surface area contributed by atoms with Crippen molar-refractivity contribution >= 4 is 23.2 Å². The number of carbonyl (C=O) groups excluding carboxylic acids is 1. The van der Waals surface area contributed by atoms with Crippen LogP contribution in [0.25, 0.3) is 5.65 Å². The largest absolute Gasteiger partial charge is 0.491 e. The summed E-state index contributed by atoms with van der Waals surface area (Å²) in [5.41, 5.74) is 7.82. The molecule has 1 aromatic carbocycles. The van der Waals surface area contributed by atoms with Gasteiger partial charge in [-0.3, -0.25) is 4.79 Å². The maximum absolute atomic E-state index is 14.3. The highest BCUT2D eigenvalue weighted by atomic mass is 19.1. The van der Waals surface area contributed by atoms with Crippen LogP contribution in [0.4, 0.5) is 16.0 Å². The molecule has 2 bridgehead atoms. The van der Waals surface area contributed by atoms with E-state index in [0.717, 1.165) is 61.9 Å². The summed E-state index contributed by atoms with van der Waals surface area (Å²) in [7, 11) is 2.05. The number of nitrogens with two attached hydrogens (primary N) is 1. The van der Waals surface area contributed by atoms with E-state index in [1.165, 1.54) is 12.1 Å². The number of fused-ring (bicyclic) bond motifs is 4. The van der Waals surface area contributed by atoms with Gasteiger partial charge in [0.05, 0.1) is 17.3 Å². The number of rotatable bonds is 1. The van der Waals surface area contributed by atoms with Crippen LogP contribution in [0.15, 0.2) is 30.3 Å². The Morgan fingerprint density at radius 3 is 2.82 bits per heavy atom. The average Bonchev–Trinajstić information content (AvgIpc) is 3.33. The maximum Gasteiger partial charge on any atom is 0.258 e. The molecule has 3 aromatic rings. The molecule has 2 atom stereocenters. The summed E-state index contributed by atoms with van der Waals surface area (Å²) in [6.45, 7) is 5.97. The second kappa shape index (κ2) is 10.0. The number of anilines is 2.